The molecule has 0 bridgehead atoms. The third-order valence-corrected chi connectivity index (χ3v) is 2.65. The van der Waals surface area contributed by atoms with E-state index >= 15 is 0 Å². The van der Waals surface area contributed by atoms with Crippen molar-refractivity contribution in [1.82, 2.24) is 0 Å². The van der Waals surface area contributed by atoms with Crippen LogP contribution in [0.2, 0.25) is 0 Å². The molecule has 0 saturated heterocycles. The molecule has 0 aliphatic carbocycles. The van der Waals surface area contributed by atoms with E-state index in [0.717, 1.165) is 12.1 Å². The van der Waals surface area contributed by atoms with Gasteiger partial charge in [-0.3, -0.25) is 14.8 Å². The van der Waals surface area contributed by atoms with Crippen molar-refractivity contribution in [2.45, 2.75) is 5.76 Å². The maximum absolute atomic E-state index is 12.0. The summed E-state index contributed by atoms with van der Waals surface area (Å²) in [6.07, 6.45) is 0. The van der Waals surface area contributed by atoms with Crippen LogP contribution in [0.5, 0.6) is 5.75 Å². The number of phenolic OH excluding ortho intramolecular Hbond substituents is 1. The number of aromatic hydroxyl groups is 1. The Kier molecular flexibility index (Phi) is 3.46. The number of nitro groups is 1. The SMILES string of the molecule is O=[N+]([O-])c1ccc(O)c(NS(=O)(=O)C(F)F)c1. The number of nitrogens with one attached hydrogen (secondary N) is 1. The molecule has 0 amide bonds. The Morgan fingerprint density at radius 2 is 2.00 bits per heavy atom. The fourth-order valence-corrected chi connectivity index (χ4v) is 1.48. The normalized spacial score (nSPS) is 11.5. The summed E-state index contributed by atoms with van der Waals surface area (Å²) in [5.74, 6) is -4.40. The van der Waals surface area contributed by atoms with Crippen molar-refractivity contribution in [2.75, 3.05) is 4.72 Å². The van der Waals surface area contributed by atoms with E-state index in [1.165, 1.54) is 4.72 Å². The molecule has 1 rings (SSSR count). The first-order valence-corrected chi connectivity index (χ1v) is 5.56. The third-order valence-electron chi connectivity index (χ3n) is 1.68. The van der Waals surface area contributed by atoms with Gasteiger partial charge in [0.05, 0.1) is 10.6 Å². The van der Waals surface area contributed by atoms with Crippen LogP contribution in [0, 0.1) is 10.1 Å². The molecule has 0 spiro atoms. The topological polar surface area (TPSA) is 110 Å². The number of benzene rings is 1. The summed E-state index contributed by atoms with van der Waals surface area (Å²) < 4.78 is 47.0. The highest BCUT2D eigenvalue weighted by molar-refractivity contribution is 7.93. The largest absolute Gasteiger partial charge is 0.506 e. The van der Waals surface area contributed by atoms with Gasteiger partial charge in [-0.1, -0.05) is 0 Å². The molecular weight excluding hydrogens is 262 g/mol. The van der Waals surface area contributed by atoms with Gasteiger partial charge in [0, 0.05) is 12.1 Å². The molecule has 7 nitrogen and oxygen atoms in total. The molecule has 0 saturated carbocycles. The Bertz CT molecular complexity index is 545. The molecule has 1 aromatic carbocycles. The first-order valence-electron chi connectivity index (χ1n) is 4.01. The standard InChI is InChI=1S/C7H6F2N2O5S/c8-7(9)17(15,16)10-5-3-4(11(13)14)1-2-6(5)12/h1-3,7,10,12H. The summed E-state index contributed by atoms with van der Waals surface area (Å²) in [5.41, 5.74) is -1.23. The Balaban J connectivity index is 3.15. The van der Waals surface area contributed by atoms with Crippen LogP contribution in [0.15, 0.2) is 18.2 Å². The number of non-ortho nitro benzene ring substituents is 1. The van der Waals surface area contributed by atoms with Gasteiger partial charge in [-0.15, -0.1) is 0 Å². The van der Waals surface area contributed by atoms with Gasteiger partial charge in [0.15, 0.2) is 0 Å². The van der Waals surface area contributed by atoms with Gasteiger partial charge in [0.1, 0.15) is 5.75 Å². The molecule has 0 aliphatic rings. The number of hydrogen-bond donors (Lipinski definition) is 2. The van der Waals surface area contributed by atoms with Gasteiger partial charge in [-0.25, -0.2) is 8.42 Å². The first kappa shape index (κ1) is 13.1. The van der Waals surface area contributed by atoms with E-state index in [9.17, 15) is 27.3 Å². The monoisotopic (exact) mass is 268 g/mol. The van der Waals surface area contributed by atoms with Crippen LogP contribution >= 0.6 is 0 Å². The van der Waals surface area contributed by atoms with Gasteiger partial charge < -0.3 is 5.11 Å². The summed E-state index contributed by atoms with van der Waals surface area (Å²) in [7, 11) is -4.98. The van der Waals surface area contributed by atoms with Gasteiger partial charge >= 0.3 is 5.76 Å². The number of nitrogens with zero attached hydrogens (tertiary/aromatic N) is 1. The fourth-order valence-electron chi connectivity index (χ4n) is 0.917. The number of phenols is 1. The second-order valence-corrected chi connectivity index (χ2v) is 4.52. The summed E-state index contributed by atoms with van der Waals surface area (Å²) in [6, 6.07) is 2.35. The van der Waals surface area contributed by atoms with Gasteiger partial charge in [-0.05, 0) is 6.07 Å². The average molecular weight is 268 g/mol. The van der Waals surface area contributed by atoms with Crippen LogP contribution in [0.25, 0.3) is 0 Å². The fraction of sp³-hybridized carbons (Fsp3) is 0.143. The zero-order valence-corrected chi connectivity index (χ0v) is 8.82. The summed E-state index contributed by atoms with van der Waals surface area (Å²) in [5, 5.41) is 19.5. The second-order valence-electron chi connectivity index (χ2n) is 2.87. The van der Waals surface area contributed by atoms with Crippen LogP contribution < -0.4 is 4.72 Å². The van der Waals surface area contributed by atoms with Crippen molar-refractivity contribution < 1.29 is 27.2 Å². The smallest absolute Gasteiger partial charge is 0.355 e. The predicted molar refractivity (Wildman–Crippen MR) is 53.3 cm³/mol. The molecule has 94 valence electrons. The number of anilines is 1. The lowest BCUT2D eigenvalue weighted by atomic mass is 10.2. The third kappa shape index (κ3) is 3.00. The lowest BCUT2D eigenvalue weighted by Gasteiger charge is -2.08. The average Bonchev–Trinajstić information content (AvgIpc) is 2.20. The van der Waals surface area contributed by atoms with Crippen molar-refractivity contribution in [3.63, 3.8) is 0 Å². The van der Waals surface area contributed by atoms with E-state index in [-0.39, 0.29) is 0 Å². The number of rotatable bonds is 4. The minimum atomic E-state index is -4.98. The molecule has 0 aromatic heterocycles. The van der Waals surface area contributed by atoms with Gasteiger partial charge in [0.2, 0.25) is 0 Å². The lowest BCUT2D eigenvalue weighted by Crippen LogP contribution is -2.20. The van der Waals surface area contributed by atoms with Crippen LogP contribution in [-0.2, 0) is 10.0 Å². The second kappa shape index (κ2) is 4.49. The van der Waals surface area contributed by atoms with E-state index in [1.807, 2.05) is 0 Å². The molecule has 0 heterocycles. The lowest BCUT2D eigenvalue weighted by molar-refractivity contribution is -0.384. The zero-order chi connectivity index (χ0) is 13.2. The quantitative estimate of drug-likeness (QED) is 0.485. The summed E-state index contributed by atoms with van der Waals surface area (Å²) in [6.45, 7) is 0. The van der Waals surface area contributed by atoms with Crippen molar-refractivity contribution in [2.24, 2.45) is 0 Å². The summed E-state index contributed by atoms with van der Waals surface area (Å²) >= 11 is 0. The highest BCUT2D eigenvalue weighted by Gasteiger charge is 2.25. The van der Waals surface area contributed by atoms with Crippen molar-refractivity contribution in [3.8, 4) is 5.75 Å². The molecule has 10 heteroatoms. The van der Waals surface area contributed by atoms with E-state index < -0.39 is 37.8 Å². The number of hydrogen-bond acceptors (Lipinski definition) is 5. The van der Waals surface area contributed by atoms with Crippen molar-refractivity contribution >= 4 is 21.4 Å². The molecule has 1 aromatic rings. The van der Waals surface area contributed by atoms with E-state index in [1.54, 1.807) is 0 Å². The maximum Gasteiger partial charge on any atom is 0.355 e. The molecule has 0 radical (unpaired) electrons. The minimum Gasteiger partial charge on any atom is -0.506 e. The van der Waals surface area contributed by atoms with Crippen molar-refractivity contribution in [1.29, 1.82) is 0 Å². The first-order chi connectivity index (χ1) is 7.74. The van der Waals surface area contributed by atoms with Crippen LogP contribution in [0.3, 0.4) is 0 Å². The maximum atomic E-state index is 12.0. The van der Waals surface area contributed by atoms with Gasteiger partial charge in [0.25, 0.3) is 15.7 Å². The Labute approximate surface area is 93.9 Å². The predicted octanol–water partition coefficient (Wildman–Crippen LogP) is 1.26. The number of nitro benzene ring substituents is 1. The Morgan fingerprint density at radius 3 is 2.47 bits per heavy atom. The highest BCUT2D eigenvalue weighted by atomic mass is 32.2. The molecule has 0 fully saturated rings. The molecule has 0 aliphatic heterocycles. The zero-order valence-electron chi connectivity index (χ0n) is 8.00. The minimum absolute atomic E-state index is 0.547. The molecule has 0 unspecified atom stereocenters. The molecular formula is C7H6F2N2O5S. The van der Waals surface area contributed by atoms with Crippen LogP contribution in [0.4, 0.5) is 20.2 Å². The van der Waals surface area contributed by atoms with Crippen molar-refractivity contribution in [3.05, 3.63) is 28.3 Å². The number of alkyl halides is 2. The molecule has 2 N–H and O–H groups in total. The summed E-state index contributed by atoms with van der Waals surface area (Å²) in [4.78, 5) is 9.50. The molecule has 17 heavy (non-hydrogen) atoms. The highest BCUT2D eigenvalue weighted by Crippen LogP contribution is 2.29. The van der Waals surface area contributed by atoms with Crippen LogP contribution in [0.1, 0.15) is 0 Å². The van der Waals surface area contributed by atoms with E-state index in [0.29, 0.717) is 6.07 Å². The number of halogens is 2. The Morgan fingerprint density at radius 1 is 1.41 bits per heavy atom. The molecule has 0 atom stereocenters. The Hall–Kier alpha value is -1.97. The van der Waals surface area contributed by atoms with E-state index in [4.69, 9.17) is 5.11 Å². The van der Waals surface area contributed by atoms with E-state index in [2.05, 4.69) is 0 Å². The number of sulfonamides is 1. The van der Waals surface area contributed by atoms with Crippen LogP contribution in [-0.4, -0.2) is 24.2 Å². The van der Waals surface area contributed by atoms with Gasteiger partial charge in [-0.2, -0.15) is 8.78 Å².